The predicted octanol–water partition coefficient (Wildman–Crippen LogP) is 4.68. The van der Waals surface area contributed by atoms with Gasteiger partial charge in [0, 0.05) is 45.5 Å². The molecule has 4 fully saturated rings. The maximum atomic E-state index is 15.9. The maximum Gasteiger partial charge on any atom is 0.275 e. The first-order valence-electron chi connectivity index (χ1n) is 19.1. The van der Waals surface area contributed by atoms with Gasteiger partial charge in [0.1, 0.15) is 0 Å². The minimum absolute atomic E-state index is 0.0223. The van der Waals surface area contributed by atoms with Gasteiger partial charge >= 0.3 is 0 Å². The zero-order valence-corrected chi connectivity index (χ0v) is 30.1. The van der Waals surface area contributed by atoms with Crippen molar-refractivity contribution in [3.8, 4) is 0 Å². The molecule has 1 aromatic carbocycles. The van der Waals surface area contributed by atoms with Gasteiger partial charge in [-0.2, -0.15) is 0 Å². The van der Waals surface area contributed by atoms with Crippen LogP contribution in [0, 0.1) is 11.8 Å². The number of likely N-dealkylation sites (tertiary alicyclic amines) is 2. The standard InChI is InChI=1S/C38H53F2N9O2/c1-41-30-21-35(45-49-32(22-43-36(30)49)37(50)44-29-6-7-33(29)51-2)48-19-12-28-27(4-3-5-31(28)48)23-46-16-13-34(38(39,40)24-46)47-17-10-26(11-18-47)20-25-8-14-42-15-9-25/h3-5,21-22,25-26,29,33-34,41-42H,6-20,23-24H2,1-2H3,(H,44,50)/t29-,33-,34?/m1/s1. The number of carbonyl (C=O) groups is 1. The van der Waals surface area contributed by atoms with Crippen LogP contribution in [0.2, 0.25) is 0 Å². The number of piperidine rings is 3. The van der Waals surface area contributed by atoms with Gasteiger partial charge in [-0.15, -0.1) is 5.10 Å². The van der Waals surface area contributed by atoms with Crippen molar-refractivity contribution < 1.29 is 18.3 Å². The van der Waals surface area contributed by atoms with Gasteiger partial charge in [-0.05, 0) is 113 Å². The lowest BCUT2D eigenvalue weighted by molar-refractivity contribution is -0.134. The first kappa shape index (κ1) is 34.7. The molecule has 8 rings (SSSR count). The summed E-state index contributed by atoms with van der Waals surface area (Å²) in [5, 5.41) is 14.7. The molecule has 13 heteroatoms. The summed E-state index contributed by atoms with van der Waals surface area (Å²) in [7, 11) is 3.50. The second-order valence-electron chi connectivity index (χ2n) is 15.5. The highest BCUT2D eigenvalue weighted by atomic mass is 19.3. The van der Waals surface area contributed by atoms with Gasteiger partial charge in [0.2, 0.25) is 0 Å². The smallest absolute Gasteiger partial charge is 0.275 e. The average Bonchev–Trinajstić information content (AvgIpc) is 3.76. The van der Waals surface area contributed by atoms with Gasteiger partial charge in [0.05, 0.1) is 36.6 Å². The van der Waals surface area contributed by atoms with Gasteiger partial charge in [0.25, 0.3) is 11.8 Å². The number of aromatic nitrogens is 3. The molecule has 3 saturated heterocycles. The quantitative estimate of drug-likeness (QED) is 0.278. The molecule has 0 radical (unpaired) electrons. The molecule has 3 N–H and O–H groups in total. The van der Waals surface area contributed by atoms with Crippen LogP contribution < -0.4 is 20.9 Å². The van der Waals surface area contributed by atoms with E-state index in [0.29, 0.717) is 49.1 Å². The van der Waals surface area contributed by atoms with Crippen molar-refractivity contribution in [3.05, 3.63) is 47.3 Å². The number of anilines is 3. The number of rotatable bonds is 10. The number of methoxy groups -OCH3 is 1. The van der Waals surface area contributed by atoms with Crippen LogP contribution in [0.4, 0.5) is 26.0 Å². The number of benzene rings is 1. The summed E-state index contributed by atoms with van der Waals surface area (Å²) in [6, 6.07) is 7.44. The Labute approximate surface area is 299 Å². The van der Waals surface area contributed by atoms with Gasteiger partial charge in [-0.25, -0.2) is 18.3 Å². The number of halogens is 2. The Bertz CT molecular complexity index is 1700. The number of carbonyl (C=O) groups excluding carboxylic acids is 1. The van der Waals surface area contributed by atoms with E-state index < -0.39 is 12.0 Å². The fourth-order valence-electron chi connectivity index (χ4n) is 9.39. The summed E-state index contributed by atoms with van der Waals surface area (Å²) in [5.74, 6) is -0.801. The molecule has 11 nitrogen and oxygen atoms in total. The predicted molar refractivity (Wildman–Crippen MR) is 194 cm³/mol. The van der Waals surface area contributed by atoms with Crippen molar-refractivity contribution in [3.63, 3.8) is 0 Å². The Morgan fingerprint density at radius 1 is 1.04 bits per heavy atom. The fraction of sp³-hybridized carbons (Fsp3) is 0.658. The molecular formula is C38H53F2N9O2. The highest BCUT2D eigenvalue weighted by Gasteiger charge is 2.48. The Morgan fingerprint density at radius 2 is 1.84 bits per heavy atom. The molecule has 5 aliphatic rings. The summed E-state index contributed by atoms with van der Waals surface area (Å²) in [6.45, 7) is 5.50. The van der Waals surface area contributed by atoms with Crippen LogP contribution in [-0.2, 0) is 17.7 Å². The Balaban J connectivity index is 0.933. The van der Waals surface area contributed by atoms with Crippen LogP contribution in [-0.4, -0.2) is 114 Å². The van der Waals surface area contributed by atoms with Crippen LogP contribution in [0.15, 0.2) is 30.5 Å². The van der Waals surface area contributed by atoms with Crippen molar-refractivity contribution in [2.24, 2.45) is 11.8 Å². The molecule has 1 saturated carbocycles. The SMILES string of the molecule is CNc1cc(N2CCc3c(CN4CCC(N5CCC(CC6CCNCC6)CC5)C(F)(F)C4)cccc32)nn2c(C(=O)N[C@@H]3CC[C@H]3OC)cnc12. The number of amides is 1. The van der Waals surface area contributed by atoms with E-state index in [-0.39, 0.29) is 24.6 Å². The van der Waals surface area contributed by atoms with Crippen LogP contribution >= 0.6 is 0 Å². The lowest BCUT2D eigenvalue weighted by atomic mass is 9.82. The number of hydrogen-bond donors (Lipinski definition) is 3. The molecule has 6 heterocycles. The van der Waals surface area contributed by atoms with Crippen molar-refractivity contribution in [1.29, 1.82) is 0 Å². The van der Waals surface area contributed by atoms with E-state index in [4.69, 9.17) is 9.84 Å². The molecule has 1 amide bonds. The van der Waals surface area contributed by atoms with E-state index in [1.54, 1.807) is 17.8 Å². The van der Waals surface area contributed by atoms with E-state index in [1.165, 1.54) is 24.8 Å². The first-order valence-corrected chi connectivity index (χ1v) is 19.1. The largest absolute Gasteiger partial charge is 0.385 e. The number of fused-ring (bicyclic) bond motifs is 2. The third-order valence-corrected chi connectivity index (χ3v) is 12.4. The highest BCUT2D eigenvalue weighted by Crippen LogP contribution is 2.40. The first-order chi connectivity index (χ1) is 24.8. The van der Waals surface area contributed by atoms with Crippen LogP contribution in [0.1, 0.15) is 73.0 Å². The fourth-order valence-corrected chi connectivity index (χ4v) is 9.39. The molecule has 3 aromatic rings. The molecule has 3 atom stereocenters. The third kappa shape index (κ3) is 6.94. The van der Waals surface area contributed by atoms with E-state index in [2.05, 4.69) is 42.9 Å². The van der Waals surface area contributed by atoms with Crippen molar-refractivity contribution >= 4 is 28.7 Å². The van der Waals surface area contributed by atoms with Gasteiger partial charge < -0.3 is 25.6 Å². The van der Waals surface area contributed by atoms with E-state index in [9.17, 15) is 4.79 Å². The zero-order chi connectivity index (χ0) is 35.1. The van der Waals surface area contributed by atoms with Crippen molar-refractivity contribution in [2.75, 3.05) is 70.2 Å². The van der Waals surface area contributed by atoms with Crippen LogP contribution in [0.25, 0.3) is 5.65 Å². The molecule has 0 bridgehead atoms. The summed E-state index contributed by atoms with van der Waals surface area (Å²) in [6.07, 6.45) is 10.6. The van der Waals surface area contributed by atoms with E-state index in [0.717, 1.165) is 81.1 Å². The number of alkyl halides is 2. The Morgan fingerprint density at radius 3 is 2.57 bits per heavy atom. The third-order valence-electron chi connectivity index (χ3n) is 12.4. The van der Waals surface area contributed by atoms with Crippen LogP contribution in [0.5, 0.6) is 0 Å². The molecule has 2 aromatic heterocycles. The minimum atomic E-state index is -2.75. The van der Waals surface area contributed by atoms with E-state index in [1.807, 2.05) is 24.1 Å². The normalized spacial score (nSPS) is 26.3. The lowest BCUT2D eigenvalue weighted by Crippen LogP contribution is -2.59. The molecule has 276 valence electrons. The average molecular weight is 706 g/mol. The van der Waals surface area contributed by atoms with Gasteiger partial charge in [0.15, 0.2) is 17.2 Å². The molecule has 1 aliphatic carbocycles. The number of nitrogens with zero attached hydrogens (tertiary/aromatic N) is 6. The van der Waals surface area contributed by atoms with Gasteiger partial charge in [-0.3, -0.25) is 14.6 Å². The molecule has 4 aliphatic heterocycles. The maximum absolute atomic E-state index is 15.9. The molecule has 1 unspecified atom stereocenters. The second kappa shape index (κ2) is 14.6. The number of hydrogen-bond acceptors (Lipinski definition) is 9. The van der Waals surface area contributed by atoms with Crippen molar-refractivity contribution in [1.82, 2.24) is 35.0 Å². The molecule has 0 spiro atoms. The minimum Gasteiger partial charge on any atom is -0.385 e. The Hall–Kier alpha value is -3.39. The number of imidazole rings is 1. The summed E-state index contributed by atoms with van der Waals surface area (Å²) < 4.78 is 38.8. The molecular weight excluding hydrogens is 652 g/mol. The Kier molecular flexibility index (Phi) is 9.90. The lowest BCUT2D eigenvalue weighted by Gasteiger charge is -2.46. The van der Waals surface area contributed by atoms with E-state index >= 15 is 8.78 Å². The number of ether oxygens (including phenoxy) is 1. The second-order valence-corrected chi connectivity index (χ2v) is 15.5. The topological polar surface area (TPSA) is 102 Å². The van der Waals surface area contributed by atoms with Gasteiger partial charge in [-0.1, -0.05) is 12.1 Å². The van der Waals surface area contributed by atoms with Crippen LogP contribution in [0.3, 0.4) is 0 Å². The molecule has 51 heavy (non-hydrogen) atoms. The van der Waals surface area contributed by atoms with Crippen molar-refractivity contribution in [2.45, 2.75) is 88.4 Å². The monoisotopic (exact) mass is 705 g/mol. The zero-order valence-electron chi connectivity index (χ0n) is 30.1. The summed E-state index contributed by atoms with van der Waals surface area (Å²) in [5.41, 5.74) is 4.99. The summed E-state index contributed by atoms with van der Waals surface area (Å²) >= 11 is 0. The number of nitrogens with one attached hydrogen (secondary N) is 3. The highest BCUT2D eigenvalue weighted by molar-refractivity contribution is 5.94. The summed E-state index contributed by atoms with van der Waals surface area (Å²) in [4.78, 5) is 24.1.